The smallest absolute Gasteiger partial charge is 0.222 e. The number of piperidine rings is 2. The molecule has 5 heteroatoms. The van der Waals surface area contributed by atoms with Crippen LogP contribution in [0.25, 0.3) is 0 Å². The second kappa shape index (κ2) is 9.31. The number of hydrogen-bond acceptors (Lipinski definition) is 4. The van der Waals surface area contributed by atoms with E-state index in [1.165, 1.54) is 12.0 Å². The van der Waals surface area contributed by atoms with Crippen LogP contribution < -0.4 is 5.32 Å². The van der Waals surface area contributed by atoms with Crippen LogP contribution in [-0.2, 0) is 16.0 Å². The number of benzene rings is 1. The highest BCUT2D eigenvalue weighted by Crippen LogP contribution is 2.36. The van der Waals surface area contributed by atoms with Crippen LogP contribution >= 0.6 is 0 Å². The number of ketones is 1. The number of fused-ring (bicyclic) bond motifs is 2. The Kier molecular flexibility index (Phi) is 6.53. The van der Waals surface area contributed by atoms with Gasteiger partial charge in [0, 0.05) is 32.0 Å². The Balaban J connectivity index is 1.29. The van der Waals surface area contributed by atoms with E-state index in [-0.39, 0.29) is 23.7 Å². The first kappa shape index (κ1) is 21.1. The summed E-state index contributed by atoms with van der Waals surface area (Å²) in [6.07, 6.45) is 7.05. The average Bonchev–Trinajstić information content (AvgIpc) is 3.42. The van der Waals surface area contributed by atoms with E-state index in [9.17, 15) is 14.9 Å². The van der Waals surface area contributed by atoms with Gasteiger partial charge >= 0.3 is 0 Å². The topological polar surface area (TPSA) is 73.2 Å². The summed E-state index contributed by atoms with van der Waals surface area (Å²) in [5.41, 5.74) is 2.44. The zero-order valence-corrected chi connectivity index (χ0v) is 18.0. The maximum Gasteiger partial charge on any atom is 0.222 e. The van der Waals surface area contributed by atoms with Crippen LogP contribution in [0.1, 0.15) is 68.9 Å². The lowest BCUT2D eigenvalue weighted by Crippen LogP contribution is -2.42. The van der Waals surface area contributed by atoms with Gasteiger partial charge in [0.2, 0.25) is 5.91 Å². The first-order valence-corrected chi connectivity index (χ1v) is 11.6. The van der Waals surface area contributed by atoms with Crippen molar-refractivity contribution in [1.82, 2.24) is 10.2 Å². The number of hydrogen-bond donors (Lipinski definition) is 1. The van der Waals surface area contributed by atoms with Crippen molar-refractivity contribution in [3.05, 3.63) is 35.4 Å². The van der Waals surface area contributed by atoms with Gasteiger partial charge in [-0.1, -0.05) is 31.2 Å². The lowest BCUT2D eigenvalue weighted by atomic mass is 9.86. The Bertz CT molecular complexity index is 805. The Morgan fingerprint density at radius 3 is 2.47 bits per heavy atom. The molecule has 1 aliphatic carbocycles. The highest BCUT2D eigenvalue weighted by Gasteiger charge is 2.42. The fraction of sp³-hybridized carbons (Fsp3) is 0.640. The molecule has 0 radical (unpaired) electrons. The lowest BCUT2D eigenvalue weighted by Gasteiger charge is -2.32. The molecule has 30 heavy (non-hydrogen) atoms. The maximum atomic E-state index is 12.7. The zero-order chi connectivity index (χ0) is 21.1. The van der Waals surface area contributed by atoms with Crippen molar-refractivity contribution < 1.29 is 9.59 Å². The predicted octanol–water partition coefficient (Wildman–Crippen LogP) is 3.58. The fourth-order valence-electron chi connectivity index (χ4n) is 5.65. The number of nitriles is 1. The quantitative estimate of drug-likeness (QED) is 0.750. The van der Waals surface area contributed by atoms with E-state index in [1.54, 1.807) is 0 Å². The van der Waals surface area contributed by atoms with Gasteiger partial charge in [-0.2, -0.15) is 5.26 Å². The normalized spacial score (nSPS) is 27.1. The molecule has 1 saturated carbocycles. The molecule has 2 heterocycles. The van der Waals surface area contributed by atoms with Gasteiger partial charge in [0.25, 0.3) is 0 Å². The van der Waals surface area contributed by atoms with E-state index in [0.29, 0.717) is 37.1 Å². The molecule has 2 saturated heterocycles. The third-order valence-electron chi connectivity index (χ3n) is 7.42. The second-order valence-corrected chi connectivity index (χ2v) is 9.37. The van der Waals surface area contributed by atoms with Crippen LogP contribution in [0.4, 0.5) is 0 Å². The van der Waals surface area contributed by atoms with Gasteiger partial charge in [-0.15, -0.1) is 0 Å². The van der Waals surface area contributed by atoms with Crippen molar-refractivity contribution in [3.8, 4) is 6.07 Å². The average molecular weight is 408 g/mol. The van der Waals surface area contributed by atoms with Crippen LogP contribution in [0.5, 0.6) is 0 Å². The van der Waals surface area contributed by atoms with E-state index >= 15 is 0 Å². The SMILES string of the molecule is CCC(=O)N1CCC(c2ccc(C[C@@H](C#N)CC(=O)[C@H]3N[C@@H]4CC[C@H]3C4)cc2)CC1. The van der Waals surface area contributed by atoms with Gasteiger partial charge in [-0.25, -0.2) is 0 Å². The molecular formula is C25H33N3O2. The molecule has 160 valence electrons. The van der Waals surface area contributed by atoms with Gasteiger partial charge in [0.1, 0.15) is 0 Å². The molecule has 1 N–H and O–H groups in total. The molecule has 1 amide bonds. The van der Waals surface area contributed by atoms with E-state index in [0.717, 1.165) is 44.3 Å². The van der Waals surface area contributed by atoms with Crippen LogP contribution in [0, 0.1) is 23.2 Å². The van der Waals surface area contributed by atoms with Crippen molar-refractivity contribution in [1.29, 1.82) is 5.26 Å². The number of Topliss-reactive ketones (excluding diaryl/α,β-unsaturated/α-hetero) is 1. The molecule has 4 atom stereocenters. The molecule has 1 aromatic carbocycles. The molecule has 2 bridgehead atoms. The van der Waals surface area contributed by atoms with E-state index in [1.807, 2.05) is 11.8 Å². The Morgan fingerprint density at radius 2 is 1.90 bits per heavy atom. The molecule has 5 nitrogen and oxygen atoms in total. The standard InChI is InChI=1S/C25H33N3O2/c1-2-24(30)28-11-9-20(10-12-28)19-5-3-17(4-6-19)13-18(16-26)14-23(29)25-21-7-8-22(15-21)27-25/h3-6,18,20-22,25,27H,2,7-15H2,1H3/t18-,21+,22-,25+/m1/s1. The summed E-state index contributed by atoms with van der Waals surface area (Å²) >= 11 is 0. The monoisotopic (exact) mass is 407 g/mol. The molecule has 3 aliphatic rings. The number of nitrogens with one attached hydrogen (secondary N) is 1. The molecule has 0 aromatic heterocycles. The third-order valence-corrected chi connectivity index (χ3v) is 7.42. The molecule has 4 rings (SSSR count). The van der Waals surface area contributed by atoms with Crippen molar-refractivity contribution in [2.45, 2.75) is 76.3 Å². The summed E-state index contributed by atoms with van der Waals surface area (Å²) in [6.45, 7) is 3.60. The predicted molar refractivity (Wildman–Crippen MR) is 116 cm³/mol. The Labute approximate surface area is 179 Å². The number of carbonyl (C=O) groups is 2. The minimum Gasteiger partial charge on any atom is -0.343 e. The number of likely N-dealkylation sites (tertiary alicyclic amines) is 1. The van der Waals surface area contributed by atoms with E-state index in [4.69, 9.17) is 0 Å². The summed E-state index contributed by atoms with van der Waals surface area (Å²) < 4.78 is 0. The highest BCUT2D eigenvalue weighted by molar-refractivity contribution is 5.85. The minimum absolute atomic E-state index is 0.0209. The van der Waals surface area contributed by atoms with Gasteiger partial charge < -0.3 is 10.2 Å². The molecule has 0 spiro atoms. The third kappa shape index (κ3) is 4.59. The summed E-state index contributed by atoms with van der Waals surface area (Å²) in [6, 6.07) is 11.4. The number of amides is 1. The van der Waals surface area contributed by atoms with Crippen LogP contribution in [0.3, 0.4) is 0 Å². The first-order valence-electron chi connectivity index (χ1n) is 11.6. The van der Waals surface area contributed by atoms with Crippen molar-refractivity contribution in [2.75, 3.05) is 13.1 Å². The molecule has 1 aromatic rings. The van der Waals surface area contributed by atoms with E-state index < -0.39 is 0 Å². The molecule has 3 fully saturated rings. The number of carbonyl (C=O) groups excluding carboxylic acids is 2. The zero-order valence-electron chi connectivity index (χ0n) is 18.0. The summed E-state index contributed by atoms with van der Waals surface area (Å²) in [7, 11) is 0. The Hall–Kier alpha value is -2.19. The molecule has 2 aliphatic heterocycles. The Morgan fingerprint density at radius 1 is 1.17 bits per heavy atom. The fourth-order valence-corrected chi connectivity index (χ4v) is 5.65. The van der Waals surface area contributed by atoms with Crippen molar-refractivity contribution >= 4 is 11.7 Å². The molecular weight excluding hydrogens is 374 g/mol. The van der Waals surface area contributed by atoms with Gasteiger partial charge in [-0.3, -0.25) is 9.59 Å². The largest absolute Gasteiger partial charge is 0.343 e. The van der Waals surface area contributed by atoms with Gasteiger partial charge in [0.05, 0.1) is 18.0 Å². The van der Waals surface area contributed by atoms with Crippen LogP contribution in [0.2, 0.25) is 0 Å². The summed E-state index contributed by atoms with van der Waals surface area (Å²) in [5, 5.41) is 13.1. The van der Waals surface area contributed by atoms with Crippen LogP contribution in [0.15, 0.2) is 24.3 Å². The van der Waals surface area contributed by atoms with Crippen molar-refractivity contribution in [3.63, 3.8) is 0 Å². The van der Waals surface area contributed by atoms with E-state index in [2.05, 4.69) is 35.7 Å². The summed E-state index contributed by atoms with van der Waals surface area (Å²) in [4.78, 5) is 26.5. The van der Waals surface area contributed by atoms with Gasteiger partial charge in [0.15, 0.2) is 5.78 Å². The molecule has 0 unspecified atom stereocenters. The minimum atomic E-state index is -0.257. The number of nitrogens with zero attached hydrogens (tertiary/aromatic N) is 2. The number of rotatable bonds is 7. The van der Waals surface area contributed by atoms with Crippen molar-refractivity contribution in [2.24, 2.45) is 11.8 Å². The maximum absolute atomic E-state index is 12.7. The lowest BCUT2D eigenvalue weighted by molar-refractivity contribution is -0.131. The van der Waals surface area contributed by atoms with Gasteiger partial charge in [-0.05, 0) is 61.5 Å². The van der Waals surface area contributed by atoms with Crippen LogP contribution in [-0.4, -0.2) is 41.8 Å². The first-order chi connectivity index (χ1) is 14.6. The second-order valence-electron chi connectivity index (χ2n) is 9.37. The summed E-state index contributed by atoms with van der Waals surface area (Å²) in [5.74, 6) is 1.20. The highest BCUT2D eigenvalue weighted by atomic mass is 16.2.